The summed E-state index contributed by atoms with van der Waals surface area (Å²) < 4.78 is 27.3. The molecular weight excluding hydrogens is 394 g/mol. The minimum Gasteiger partial charge on any atom is -0.271 e. The maximum absolute atomic E-state index is 12.5. The molecule has 0 aliphatic rings. The molecule has 1 aromatic heterocycles. The molecule has 3 N–H and O–H groups in total. The molecule has 0 saturated heterocycles. The topological polar surface area (TPSA) is 104 Å². The maximum Gasteiger partial charge on any atom is 0.279 e. The normalized spacial score (nSPS) is 12.3. The van der Waals surface area contributed by atoms with Gasteiger partial charge in [0.05, 0.1) is 9.77 Å². The van der Waals surface area contributed by atoms with Gasteiger partial charge in [0.25, 0.3) is 11.8 Å². The summed E-state index contributed by atoms with van der Waals surface area (Å²) in [5.41, 5.74) is 4.58. The molecule has 1 atom stereocenters. The number of hydrogen-bond acceptors (Lipinski definition) is 6. The number of carbonyl (C=O) groups is 2. The monoisotopic (exact) mass is 413 g/mol. The summed E-state index contributed by atoms with van der Waals surface area (Å²) in [5.74, 6) is -0.500. The zero-order valence-corrected chi connectivity index (χ0v) is 16.4. The van der Waals surface area contributed by atoms with Crippen LogP contribution in [0.1, 0.15) is 16.1 Å². The Morgan fingerprint density at radius 1 is 1.12 bits per heavy atom. The van der Waals surface area contributed by atoms with Crippen LogP contribution < -0.4 is 15.6 Å². The molecule has 26 heavy (non-hydrogen) atoms. The highest BCUT2D eigenvalue weighted by atomic mass is 32.2. The van der Waals surface area contributed by atoms with Crippen molar-refractivity contribution in [3.63, 3.8) is 0 Å². The molecule has 140 valence electrons. The second kappa shape index (κ2) is 9.72. The van der Waals surface area contributed by atoms with Gasteiger partial charge in [-0.25, -0.2) is 8.42 Å². The molecule has 2 aromatic rings. The molecule has 1 aromatic carbocycles. The van der Waals surface area contributed by atoms with Crippen LogP contribution in [0.25, 0.3) is 0 Å². The molecule has 2 rings (SSSR count). The third-order valence-electron chi connectivity index (χ3n) is 3.32. The van der Waals surface area contributed by atoms with Gasteiger partial charge in [-0.15, -0.1) is 11.3 Å². The first-order valence-electron chi connectivity index (χ1n) is 7.64. The average molecular weight is 414 g/mol. The summed E-state index contributed by atoms with van der Waals surface area (Å²) in [6, 6.07) is 10.1. The van der Waals surface area contributed by atoms with E-state index in [9.17, 15) is 18.0 Å². The number of benzene rings is 1. The summed E-state index contributed by atoms with van der Waals surface area (Å²) in [7, 11) is -3.85. The lowest BCUT2D eigenvalue weighted by Crippen LogP contribution is -2.52. The molecular formula is C16H19N3O4S3. The first-order valence-corrected chi connectivity index (χ1v) is 11.4. The molecule has 1 heterocycles. The Balaban J connectivity index is 2.03. The predicted octanol–water partition coefficient (Wildman–Crippen LogP) is 1.61. The van der Waals surface area contributed by atoms with E-state index < -0.39 is 27.9 Å². The minimum atomic E-state index is -3.85. The van der Waals surface area contributed by atoms with E-state index >= 15 is 0 Å². The molecule has 7 nitrogen and oxygen atoms in total. The van der Waals surface area contributed by atoms with Gasteiger partial charge in [-0.3, -0.25) is 20.4 Å². The standard InChI is InChI=1S/C16H19N3O4S3/c1-24-11-9-13(19-26(22,23)12-6-3-2-4-7-12)15(20)17-18-16(21)14-8-5-10-25-14/h2-8,10,13,19H,9,11H2,1H3,(H,17,20)(H,18,21)/t13-/m1/s1. The van der Waals surface area contributed by atoms with Crippen molar-refractivity contribution in [2.45, 2.75) is 17.4 Å². The Hall–Kier alpha value is -1.88. The predicted molar refractivity (Wildman–Crippen MR) is 103 cm³/mol. The molecule has 0 fully saturated rings. The van der Waals surface area contributed by atoms with Crippen molar-refractivity contribution in [2.24, 2.45) is 0 Å². The van der Waals surface area contributed by atoms with Crippen LogP contribution in [-0.4, -0.2) is 38.3 Å². The number of rotatable bonds is 8. The quantitative estimate of drug-likeness (QED) is 0.571. The number of amides is 2. The van der Waals surface area contributed by atoms with Crippen molar-refractivity contribution in [1.82, 2.24) is 15.6 Å². The molecule has 10 heteroatoms. The van der Waals surface area contributed by atoms with Crippen LogP contribution in [-0.2, 0) is 14.8 Å². The summed E-state index contributed by atoms with van der Waals surface area (Å²) in [5, 5.41) is 1.74. The van der Waals surface area contributed by atoms with Crippen molar-refractivity contribution in [3.05, 3.63) is 52.7 Å². The van der Waals surface area contributed by atoms with E-state index in [-0.39, 0.29) is 11.3 Å². The largest absolute Gasteiger partial charge is 0.279 e. The van der Waals surface area contributed by atoms with Gasteiger partial charge in [0.2, 0.25) is 10.0 Å². The minimum absolute atomic E-state index is 0.0737. The number of sulfonamides is 1. The lowest BCUT2D eigenvalue weighted by molar-refractivity contribution is -0.123. The summed E-state index contributed by atoms with van der Waals surface area (Å²) in [4.78, 5) is 24.8. The van der Waals surface area contributed by atoms with Crippen LogP contribution in [0.3, 0.4) is 0 Å². The molecule has 2 amide bonds. The fourth-order valence-electron chi connectivity index (χ4n) is 2.01. The van der Waals surface area contributed by atoms with E-state index in [4.69, 9.17) is 0 Å². The fraction of sp³-hybridized carbons (Fsp3) is 0.250. The smallest absolute Gasteiger partial charge is 0.271 e. The van der Waals surface area contributed by atoms with Crippen molar-refractivity contribution < 1.29 is 18.0 Å². The third-order valence-corrected chi connectivity index (χ3v) is 6.32. The Kier molecular flexibility index (Phi) is 7.64. The summed E-state index contributed by atoms with van der Waals surface area (Å²) >= 11 is 2.73. The van der Waals surface area contributed by atoms with Crippen LogP contribution >= 0.6 is 23.1 Å². The second-order valence-corrected chi connectivity index (χ2v) is 8.84. The number of nitrogens with one attached hydrogen (secondary N) is 3. The van der Waals surface area contributed by atoms with E-state index in [2.05, 4.69) is 15.6 Å². The van der Waals surface area contributed by atoms with Crippen LogP contribution in [0.5, 0.6) is 0 Å². The van der Waals surface area contributed by atoms with Gasteiger partial charge < -0.3 is 0 Å². The van der Waals surface area contributed by atoms with Crippen LogP contribution in [0.4, 0.5) is 0 Å². The Bertz CT molecular complexity index is 824. The Morgan fingerprint density at radius 2 is 1.85 bits per heavy atom. The number of thioether (sulfide) groups is 1. The van der Waals surface area contributed by atoms with Gasteiger partial charge in [-0.1, -0.05) is 24.3 Å². The molecule has 0 aliphatic heterocycles. The number of carbonyl (C=O) groups excluding carboxylic acids is 2. The van der Waals surface area contributed by atoms with E-state index in [1.165, 1.54) is 35.2 Å². The summed E-state index contributed by atoms with van der Waals surface area (Å²) in [6.45, 7) is 0. The van der Waals surface area contributed by atoms with Gasteiger partial charge in [-0.05, 0) is 42.0 Å². The number of hydrazine groups is 1. The highest BCUT2D eigenvalue weighted by Crippen LogP contribution is 2.11. The lowest BCUT2D eigenvalue weighted by Gasteiger charge is -2.18. The van der Waals surface area contributed by atoms with E-state index in [0.29, 0.717) is 10.6 Å². The van der Waals surface area contributed by atoms with Gasteiger partial charge >= 0.3 is 0 Å². The molecule has 0 unspecified atom stereocenters. The van der Waals surface area contributed by atoms with Gasteiger partial charge in [0.1, 0.15) is 6.04 Å². The van der Waals surface area contributed by atoms with Crippen molar-refractivity contribution >= 4 is 44.9 Å². The first kappa shape index (κ1) is 20.4. The zero-order valence-electron chi connectivity index (χ0n) is 14.0. The third kappa shape index (κ3) is 5.84. The van der Waals surface area contributed by atoms with Crippen molar-refractivity contribution in [2.75, 3.05) is 12.0 Å². The first-order chi connectivity index (χ1) is 12.4. The lowest BCUT2D eigenvalue weighted by atomic mass is 10.2. The fourth-order valence-corrected chi connectivity index (χ4v) is 4.35. The van der Waals surface area contributed by atoms with E-state index in [1.807, 2.05) is 6.26 Å². The Labute approximate surface area is 160 Å². The van der Waals surface area contributed by atoms with Crippen molar-refractivity contribution in [3.8, 4) is 0 Å². The highest BCUT2D eigenvalue weighted by molar-refractivity contribution is 7.98. The summed E-state index contributed by atoms with van der Waals surface area (Å²) in [6.07, 6.45) is 2.15. The highest BCUT2D eigenvalue weighted by Gasteiger charge is 2.25. The number of hydrogen-bond donors (Lipinski definition) is 3. The van der Waals surface area contributed by atoms with Crippen molar-refractivity contribution in [1.29, 1.82) is 0 Å². The van der Waals surface area contributed by atoms with Gasteiger partial charge in [-0.2, -0.15) is 16.5 Å². The van der Waals surface area contributed by atoms with Crippen LogP contribution in [0.15, 0.2) is 52.7 Å². The van der Waals surface area contributed by atoms with Gasteiger partial charge in [0.15, 0.2) is 0 Å². The molecule has 0 spiro atoms. The number of thiophene rings is 1. The molecule has 0 radical (unpaired) electrons. The molecule has 0 bridgehead atoms. The molecule has 0 aliphatic carbocycles. The van der Waals surface area contributed by atoms with E-state index in [0.717, 1.165) is 0 Å². The van der Waals surface area contributed by atoms with Crippen LogP contribution in [0.2, 0.25) is 0 Å². The second-order valence-electron chi connectivity index (χ2n) is 5.19. The Morgan fingerprint density at radius 3 is 2.46 bits per heavy atom. The maximum atomic E-state index is 12.5. The molecule has 0 saturated carbocycles. The average Bonchev–Trinajstić information content (AvgIpc) is 3.18. The van der Waals surface area contributed by atoms with Gasteiger partial charge in [0, 0.05) is 0 Å². The SMILES string of the molecule is CSCC[C@@H](NS(=O)(=O)c1ccccc1)C(=O)NNC(=O)c1cccs1. The van der Waals surface area contributed by atoms with E-state index in [1.54, 1.807) is 35.7 Å². The zero-order chi connectivity index (χ0) is 19.0. The van der Waals surface area contributed by atoms with Crippen LogP contribution in [0, 0.1) is 0 Å².